The van der Waals surface area contributed by atoms with Crippen molar-refractivity contribution in [1.29, 1.82) is 0 Å². The van der Waals surface area contributed by atoms with Crippen LogP contribution >= 0.6 is 0 Å². The number of phenols is 1. The molecule has 3 aromatic heterocycles. The smallest absolute Gasteiger partial charge is 0.357 e. The third kappa shape index (κ3) is 4.67. The number of anilines is 1. The predicted octanol–water partition coefficient (Wildman–Crippen LogP) is 4.00. The van der Waals surface area contributed by atoms with E-state index >= 15 is 4.39 Å². The second-order valence-corrected chi connectivity index (χ2v) is 9.64. The first-order valence-corrected chi connectivity index (χ1v) is 13.0. The second-order valence-electron chi connectivity index (χ2n) is 9.64. The summed E-state index contributed by atoms with van der Waals surface area (Å²) in [7, 11) is 0. The van der Waals surface area contributed by atoms with Crippen LogP contribution in [0.25, 0.3) is 28.1 Å². The summed E-state index contributed by atoms with van der Waals surface area (Å²) < 4.78 is 31.7. The second kappa shape index (κ2) is 10.8. The summed E-state index contributed by atoms with van der Waals surface area (Å²) in [6.45, 7) is 8.42. The molecule has 1 amide bonds. The molecular formula is C29H28F2N6O3. The molecule has 1 aliphatic heterocycles. The summed E-state index contributed by atoms with van der Waals surface area (Å²) in [4.78, 5) is 42.6. The molecule has 1 N–H and O–H groups in total. The molecule has 5 rings (SSSR count). The quantitative estimate of drug-likeness (QED) is 0.365. The van der Waals surface area contributed by atoms with Crippen molar-refractivity contribution in [3.63, 3.8) is 0 Å². The zero-order valence-corrected chi connectivity index (χ0v) is 22.1. The zero-order valence-electron chi connectivity index (χ0n) is 22.1. The van der Waals surface area contributed by atoms with E-state index in [0.29, 0.717) is 26.1 Å². The Hall–Kier alpha value is -4.67. The molecule has 4 heterocycles. The van der Waals surface area contributed by atoms with E-state index in [9.17, 15) is 19.1 Å². The Kier molecular flexibility index (Phi) is 7.29. The first kappa shape index (κ1) is 26.9. The molecule has 40 heavy (non-hydrogen) atoms. The Balaban J connectivity index is 1.79. The Bertz CT molecular complexity index is 1670. The normalized spacial score (nSPS) is 15.4. The number of carbonyl (C=O) groups is 1. The highest BCUT2D eigenvalue weighted by atomic mass is 19.1. The lowest BCUT2D eigenvalue weighted by atomic mass is 10.1. The number of fused-ring (bicyclic) bond motifs is 1. The summed E-state index contributed by atoms with van der Waals surface area (Å²) in [5, 5.41) is 10.6. The van der Waals surface area contributed by atoms with E-state index in [1.54, 1.807) is 11.0 Å². The summed E-state index contributed by atoms with van der Waals surface area (Å²) in [5.74, 6) is -1.98. The maximum absolute atomic E-state index is 15.7. The first-order valence-electron chi connectivity index (χ1n) is 13.0. The standard InChI is InChI=1S/C29H28F2N6O3/c1-4-8-18-9-7-12-32-26(18)37-28-19(15-21(31)25(33-28)24-20(30)10-6-11-22(24)38)27(34-29(37)40)36-14-13-35(16-17(36)3)23(39)5-2/h5-7,9-12,15,17,38H,2,4,8,13-14,16H2,1,3H3/t17-/m0/s1. The molecule has 0 spiro atoms. The Morgan fingerprint density at radius 2 is 1.95 bits per heavy atom. The number of rotatable bonds is 6. The molecule has 1 aromatic carbocycles. The van der Waals surface area contributed by atoms with Crippen LogP contribution < -0.4 is 10.6 Å². The van der Waals surface area contributed by atoms with Gasteiger partial charge in [-0.15, -0.1) is 0 Å². The number of aromatic nitrogens is 4. The van der Waals surface area contributed by atoms with Crippen molar-refractivity contribution >= 4 is 22.8 Å². The first-order chi connectivity index (χ1) is 19.2. The molecule has 1 atom stereocenters. The average Bonchev–Trinajstić information content (AvgIpc) is 2.93. The van der Waals surface area contributed by atoms with E-state index in [1.807, 2.05) is 24.8 Å². The van der Waals surface area contributed by atoms with Crippen LogP contribution in [0, 0.1) is 11.6 Å². The lowest BCUT2D eigenvalue weighted by Gasteiger charge is -2.40. The number of pyridine rings is 2. The molecule has 4 aromatic rings. The van der Waals surface area contributed by atoms with Crippen molar-refractivity contribution in [1.82, 2.24) is 24.4 Å². The van der Waals surface area contributed by atoms with Crippen molar-refractivity contribution in [2.45, 2.75) is 32.7 Å². The molecule has 0 radical (unpaired) electrons. The van der Waals surface area contributed by atoms with Crippen molar-refractivity contribution in [3.8, 4) is 22.8 Å². The fourth-order valence-corrected chi connectivity index (χ4v) is 5.14. The van der Waals surface area contributed by atoms with Crippen molar-refractivity contribution in [3.05, 3.63) is 82.9 Å². The monoisotopic (exact) mass is 546 g/mol. The molecule has 0 bridgehead atoms. The van der Waals surface area contributed by atoms with Gasteiger partial charge in [-0.25, -0.2) is 28.1 Å². The Morgan fingerprint density at radius 1 is 1.15 bits per heavy atom. The number of piperazine rings is 1. The lowest BCUT2D eigenvalue weighted by molar-refractivity contribution is -0.126. The highest BCUT2D eigenvalue weighted by Crippen LogP contribution is 2.36. The van der Waals surface area contributed by atoms with E-state index in [-0.39, 0.29) is 34.6 Å². The minimum Gasteiger partial charge on any atom is -0.507 e. The molecule has 206 valence electrons. The minimum absolute atomic E-state index is 0.0157. The lowest BCUT2D eigenvalue weighted by Crippen LogP contribution is -2.54. The number of nitrogens with zero attached hydrogens (tertiary/aromatic N) is 6. The number of hydrogen-bond donors (Lipinski definition) is 1. The maximum atomic E-state index is 15.7. The molecule has 1 fully saturated rings. The topological polar surface area (TPSA) is 104 Å². The van der Waals surface area contributed by atoms with Crippen LogP contribution in [-0.2, 0) is 11.2 Å². The van der Waals surface area contributed by atoms with Gasteiger partial charge < -0.3 is 14.9 Å². The third-order valence-electron chi connectivity index (χ3n) is 7.01. The summed E-state index contributed by atoms with van der Waals surface area (Å²) in [6, 6.07) is 8.10. The summed E-state index contributed by atoms with van der Waals surface area (Å²) in [5.41, 5.74) is -0.788. The van der Waals surface area contributed by atoms with Gasteiger partial charge in [0.25, 0.3) is 0 Å². The molecule has 0 saturated carbocycles. The molecule has 9 nitrogen and oxygen atoms in total. The number of phenolic OH excluding ortho intramolecular Hbond substituents is 1. The van der Waals surface area contributed by atoms with Gasteiger partial charge in [0.05, 0.1) is 10.9 Å². The van der Waals surface area contributed by atoms with Gasteiger partial charge in [0, 0.05) is 31.9 Å². The van der Waals surface area contributed by atoms with Gasteiger partial charge in [-0.3, -0.25) is 4.79 Å². The van der Waals surface area contributed by atoms with E-state index in [2.05, 4.69) is 21.5 Å². The van der Waals surface area contributed by atoms with Gasteiger partial charge >= 0.3 is 5.69 Å². The van der Waals surface area contributed by atoms with Crippen molar-refractivity contribution in [2.75, 3.05) is 24.5 Å². The van der Waals surface area contributed by atoms with Gasteiger partial charge in [0.2, 0.25) is 5.91 Å². The van der Waals surface area contributed by atoms with Crippen LogP contribution in [0.5, 0.6) is 5.75 Å². The Morgan fingerprint density at radius 3 is 2.65 bits per heavy atom. The summed E-state index contributed by atoms with van der Waals surface area (Å²) in [6.07, 6.45) is 4.17. The van der Waals surface area contributed by atoms with Gasteiger partial charge in [0.15, 0.2) is 11.5 Å². The van der Waals surface area contributed by atoms with Gasteiger partial charge in [-0.05, 0) is 49.2 Å². The van der Waals surface area contributed by atoms with Gasteiger partial charge in [0.1, 0.15) is 28.9 Å². The number of halogens is 2. The molecule has 11 heteroatoms. The number of benzene rings is 1. The molecule has 1 aliphatic rings. The average molecular weight is 547 g/mol. The highest BCUT2D eigenvalue weighted by Gasteiger charge is 2.30. The highest BCUT2D eigenvalue weighted by molar-refractivity contribution is 5.91. The van der Waals surface area contributed by atoms with Crippen LogP contribution in [0.1, 0.15) is 25.8 Å². The molecule has 0 aliphatic carbocycles. The predicted molar refractivity (Wildman–Crippen MR) is 148 cm³/mol. The molecule has 1 saturated heterocycles. The van der Waals surface area contributed by atoms with Gasteiger partial charge in [-0.2, -0.15) is 4.98 Å². The minimum atomic E-state index is -0.899. The third-order valence-corrected chi connectivity index (χ3v) is 7.01. The molecule has 0 unspecified atom stereocenters. The van der Waals surface area contributed by atoms with E-state index in [1.165, 1.54) is 29.0 Å². The Labute approximate surface area is 229 Å². The van der Waals surface area contributed by atoms with Crippen LogP contribution in [0.2, 0.25) is 0 Å². The van der Waals surface area contributed by atoms with Crippen LogP contribution in [0.3, 0.4) is 0 Å². The number of carbonyl (C=O) groups excluding carboxylic acids is 1. The fraction of sp³-hybridized carbons (Fsp3) is 0.276. The van der Waals surface area contributed by atoms with Crippen LogP contribution in [0.15, 0.2) is 60.0 Å². The van der Waals surface area contributed by atoms with E-state index in [0.717, 1.165) is 24.1 Å². The summed E-state index contributed by atoms with van der Waals surface area (Å²) >= 11 is 0. The van der Waals surface area contributed by atoms with Crippen LogP contribution in [0.4, 0.5) is 14.6 Å². The number of hydrogen-bond acceptors (Lipinski definition) is 7. The van der Waals surface area contributed by atoms with Crippen molar-refractivity contribution in [2.24, 2.45) is 0 Å². The fourth-order valence-electron chi connectivity index (χ4n) is 5.14. The largest absolute Gasteiger partial charge is 0.507 e. The zero-order chi connectivity index (χ0) is 28.6. The SMILES string of the molecule is C=CC(=O)N1CCN(c2nc(=O)n(-c3ncccc3CCC)c3nc(-c4c(O)cccc4F)c(F)cc23)[C@@H](C)C1. The van der Waals surface area contributed by atoms with Crippen molar-refractivity contribution < 1.29 is 18.7 Å². The number of aromatic hydroxyl groups is 1. The maximum Gasteiger partial charge on any atom is 0.357 e. The molecular weight excluding hydrogens is 518 g/mol. The van der Waals surface area contributed by atoms with E-state index in [4.69, 9.17) is 0 Å². The number of amides is 1. The number of aryl methyl sites for hydroxylation is 1. The van der Waals surface area contributed by atoms with Gasteiger partial charge in [-0.1, -0.05) is 32.1 Å². The van der Waals surface area contributed by atoms with Crippen LogP contribution in [-0.4, -0.2) is 61.1 Å². The van der Waals surface area contributed by atoms with E-state index < -0.39 is 34.3 Å².